The second kappa shape index (κ2) is 7.11. The summed E-state index contributed by atoms with van der Waals surface area (Å²) in [4.78, 5) is 11.9. The molecule has 0 fully saturated rings. The molecule has 4 heteroatoms. The minimum atomic E-state index is -0.568. The molecule has 0 spiro atoms. The third-order valence-electron chi connectivity index (χ3n) is 2.62. The Hall–Kier alpha value is -1.42. The van der Waals surface area contributed by atoms with Crippen molar-refractivity contribution in [2.24, 2.45) is 0 Å². The second-order valence-electron chi connectivity index (χ2n) is 4.46. The molecule has 0 aromatic heterocycles. The standard InChI is InChI=1S/C14H20FNO2/c1-10(2)16-9-5-7-12(17)11-6-4-8-13(18-3)14(11)15/h4,6,8,10,16H,5,7,9H2,1-3H3. The molecule has 18 heavy (non-hydrogen) atoms. The van der Waals surface area contributed by atoms with Crippen LogP contribution < -0.4 is 10.1 Å². The van der Waals surface area contributed by atoms with Gasteiger partial charge in [-0.15, -0.1) is 0 Å². The lowest BCUT2D eigenvalue weighted by Crippen LogP contribution is -2.24. The van der Waals surface area contributed by atoms with Gasteiger partial charge in [-0.05, 0) is 25.1 Å². The van der Waals surface area contributed by atoms with Crippen LogP contribution in [0, 0.1) is 5.82 Å². The first-order valence-corrected chi connectivity index (χ1v) is 6.15. The minimum absolute atomic E-state index is 0.110. The maximum absolute atomic E-state index is 13.8. The van der Waals surface area contributed by atoms with Crippen LogP contribution in [-0.4, -0.2) is 25.5 Å². The average Bonchev–Trinajstić information content (AvgIpc) is 2.34. The van der Waals surface area contributed by atoms with Gasteiger partial charge >= 0.3 is 0 Å². The maximum atomic E-state index is 13.8. The summed E-state index contributed by atoms with van der Waals surface area (Å²) < 4.78 is 18.7. The van der Waals surface area contributed by atoms with Crippen molar-refractivity contribution >= 4 is 5.78 Å². The van der Waals surface area contributed by atoms with Crippen LogP contribution in [0.1, 0.15) is 37.0 Å². The van der Waals surface area contributed by atoms with Gasteiger partial charge in [-0.1, -0.05) is 19.9 Å². The lowest BCUT2D eigenvalue weighted by molar-refractivity contribution is 0.0975. The summed E-state index contributed by atoms with van der Waals surface area (Å²) in [6.45, 7) is 4.85. The normalized spacial score (nSPS) is 10.7. The van der Waals surface area contributed by atoms with Crippen molar-refractivity contribution in [1.29, 1.82) is 0 Å². The smallest absolute Gasteiger partial charge is 0.175 e. The first kappa shape index (κ1) is 14.6. The van der Waals surface area contributed by atoms with E-state index in [0.717, 1.165) is 6.54 Å². The van der Waals surface area contributed by atoms with Crippen molar-refractivity contribution in [3.63, 3.8) is 0 Å². The minimum Gasteiger partial charge on any atom is -0.494 e. The number of methoxy groups -OCH3 is 1. The quantitative estimate of drug-likeness (QED) is 0.600. The number of rotatable bonds is 7. The number of hydrogen-bond acceptors (Lipinski definition) is 3. The summed E-state index contributed by atoms with van der Waals surface area (Å²) in [7, 11) is 1.39. The van der Waals surface area contributed by atoms with Crippen LogP contribution in [0.5, 0.6) is 5.75 Å². The van der Waals surface area contributed by atoms with Crippen LogP contribution in [0.2, 0.25) is 0 Å². The number of carbonyl (C=O) groups is 1. The molecule has 0 heterocycles. The van der Waals surface area contributed by atoms with Crippen molar-refractivity contribution < 1.29 is 13.9 Å². The molecular weight excluding hydrogens is 233 g/mol. The number of ether oxygens (including phenoxy) is 1. The van der Waals surface area contributed by atoms with E-state index in [4.69, 9.17) is 4.74 Å². The van der Waals surface area contributed by atoms with Gasteiger partial charge in [0.25, 0.3) is 0 Å². The second-order valence-corrected chi connectivity index (χ2v) is 4.46. The van der Waals surface area contributed by atoms with Crippen LogP contribution in [0.25, 0.3) is 0 Å². The van der Waals surface area contributed by atoms with Gasteiger partial charge in [-0.3, -0.25) is 4.79 Å². The number of hydrogen-bond donors (Lipinski definition) is 1. The van der Waals surface area contributed by atoms with Crippen molar-refractivity contribution in [1.82, 2.24) is 5.32 Å². The summed E-state index contributed by atoms with van der Waals surface area (Å²) >= 11 is 0. The molecule has 0 aliphatic carbocycles. The lowest BCUT2D eigenvalue weighted by atomic mass is 10.1. The zero-order valence-electron chi connectivity index (χ0n) is 11.1. The van der Waals surface area contributed by atoms with Gasteiger partial charge in [0.15, 0.2) is 17.3 Å². The van der Waals surface area contributed by atoms with E-state index in [-0.39, 0.29) is 17.1 Å². The molecule has 1 rings (SSSR count). The van der Waals surface area contributed by atoms with Gasteiger partial charge in [0, 0.05) is 12.5 Å². The summed E-state index contributed by atoms with van der Waals surface area (Å²) in [6.07, 6.45) is 1.04. The molecule has 100 valence electrons. The van der Waals surface area contributed by atoms with Gasteiger partial charge in [0.2, 0.25) is 0 Å². The number of halogens is 1. The van der Waals surface area contributed by atoms with Crippen LogP contribution >= 0.6 is 0 Å². The highest BCUT2D eigenvalue weighted by molar-refractivity contribution is 5.96. The number of benzene rings is 1. The number of Topliss-reactive ketones (excluding diaryl/α,β-unsaturated/α-hetero) is 1. The van der Waals surface area contributed by atoms with Gasteiger partial charge in [0.05, 0.1) is 12.7 Å². The highest BCUT2D eigenvalue weighted by Gasteiger charge is 2.14. The van der Waals surface area contributed by atoms with Crippen LogP contribution in [0.15, 0.2) is 18.2 Å². The molecule has 0 aliphatic heterocycles. The topological polar surface area (TPSA) is 38.3 Å². The van der Waals surface area contributed by atoms with Crippen LogP contribution in [0.3, 0.4) is 0 Å². The highest BCUT2D eigenvalue weighted by atomic mass is 19.1. The van der Waals surface area contributed by atoms with Gasteiger partial charge in [-0.25, -0.2) is 4.39 Å². The summed E-state index contributed by atoms with van der Waals surface area (Å²) in [6, 6.07) is 5.03. The Morgan fingerprint density at radius 3 is 2.78 bits per heavy atom. The summed E-state index contributed by atoms with van der Waals surface area (Å²) in [5.74, 6) is -0.639. The van der Waals surface area contributed by atoms with E-state index in [1.807, 2.05) is 13.8 Å². The molecule has 0 atom stereocenters. The highest BCUT2D eigenvalue weighted by Crippen LogP contribution is 2.21. The molecule has 0 saturated carbocycles. The molecule has 1 aromatic carbocycles. The molecule has 0 aliphatic rings. The van der Waals surface area contributed by atoms with Crippen LogP contribution in [0.4, 0.5) is 4.39 Å². The Morgan fingerprint density at radius 1 is 1.44 bits per heavy atom. The molecule has 1 aromatic rings. The molecule has 0 radical (unpaired) electrons. The summed E-state index contributed by atoms with van der Waals surface area (Å²) in [5, 5.41) is 3.22. The zero-order valence-corrected chi connectivity index (χ0v) is 11.1. The van der Waals surface area contributed by atoms with Crippen molar-refractivity contribution in [2.75, 3.05) is 13.7 Å². The largest absolute Gasteiger partial charge is 0.494 e. The summed E-state index contributed by atoms with van der Waals surface area (Å²) in [5.41, 5.74) is 0.110. The molecule has 3 nitrogen and oxygen atoms in total. The molecule has 1 N–H and O–H groups in total. The SMILES string of the molecule is COc1cccc(C(=O)CCCNC(C)C)c1F. The van der Waals surface area contributed by atoms with E-state index in [1.165, 1.54) is 19.2 Å². The Kier molecular flexibility index (Phi) is 5.78. The molecule has 0 unspecified atom stereocenters. The fourth-order valence-corrected chi connectivity index (χ4v) is 1.66. The molecular formula is C14H20FNO2. The third-order valence-corrected chi connectivity index (χ3v) is 2.62. The van der Waals surface area contributed by atoms with E-state index in [1.54, 1.807) is 6.07 Å². The van der Waals surface area contributed by atoms with E-state index < -0.39 is 5.82 Å². The monoisotopic (exact) mass is 253 g/mol. The number of ketones is 1. The molecule has 0 bridgehead atoms. The molecule has 0 saturated heterocycles. The number of carbonyl (C=O) groups excluding carboxylic acids is 1. The van der Waals surface area contributed by atoms with Gasteiger partial charge in [0.1, 0.15) is 0 Å². The van der Waals surface area contributed by atoms with E-state index in [2.05, 4.69) is 5.32 Å². The van der Waals surface area contributed by atoms with E-state index >= 15 is 0 Å². The molecule has 0 amide bonds. The Labute approximate surface area is 107 Å². The predicted molar refractivity (Wildman–Crippen MR) is 69.7 cm³/mol. The fraction of sp³-hybridized carbons (Fsp3) is 0.500. The maximum Gasteiger partial charge on any atom is 0.175 e. The predicted octanol–water partition coefficient (Wildman–Crippen LogP) is 2.80. The fourth-order valence-electron chi connectivity index (χ4n) is 1.66. The average molecular weight is 253 g/mol. The van der Waals surface area contributed by atoms with Gasteiger partial charge < -0.3 is 10.1 Å². The van der Waals surface area contributed by atoms with Crippen molar-refractivity contribution in [3.05, 3.63) is 29.6 Å². The lowest BCUT2D eigenvalue weighted by Gasteiger charge is -2.08. The van der Waals surface area contributed by atoms with Crippen LogP contribution in [-0.2, 0) is 0 Å². The Bertz CT molecular complexity index is 405. The first-order valence-electron chi connectivity index (χ1n) is 6.15. The third kappa shape index (κ3) is 4.11. The van der Waals surface area contributed by atoms with Crippen molar-refractivity contribution in [2.45, 2.75) is 32.7 Å². The number of nitrogens with one attached hydrogen (secondary N) is 1. The van der Waals surface area contributed by atoms with Crippen molar-refractivity contribution in [3.8, 4) is 5.75 Å². The Balaban J connectivity index is 2.56. The van der Waals surface area contributed by atoms with E-state index in [9.17, 15) is 9.18 Å². The Morgan fingerprint density at radius 2 is 2.17 bits per heavy atom. The first-order chi connectivity index (χ1) is 8.56. The zero-order chi connectivity index (χ0) is 13.5. The van der Waals surface area contributed by atoms with Gasteiger partial charge in [-0.2, -0.15) is 0 Å². The van der Waals surface area contributed by atoms with E-state index in [0.29, 0.717) is 18.9 Å².